The number of rotatable bonds is 8. The van der Waals surface area contributed by atoms with Crippen LogP contribution in [0.1, 0.15) is 51.2 Å². The third kappa shape index (κ3) is 5.65. The summed E-state index contributed by atoms with van der Waals surface area (Å²) in [4.78, 5) is 12.7. The number of carbonyl (C=O) groups is 1. The molecule has 2 unspecified atom stereocenters. The standard InChI is InChI=1S/C23H24FN5O2S/c1-14(2)29-21(15(3)31-20-11-7-18(24)8-12-20)27-28-23(29)32-16(4)22(30)26-19-9-5-17(13-25)6-10-19/h5-12,14-16H,1-4H3,(H,26,30). The van der Waals surface area contributed by atoms with Crippen LogP contribution < -0.4 is 10.1 Å². The minimum Gasteiger partial charge on any atom is -0.483 e. The summed E-state index contributed by atoms with van der Waals surface area (Å²) in [5.41, 5.74) is 1.15. The molecule has 1 heterocycles. The monoisotopic (exact) mass is 453 g/mol. The Hall–Kier alpha value is -3.38. The number of aromatic nitrogens is 3. The molecule has 3 rings (SSSR count). The molecule has 0 aliphatic carbocycles. The number of thioether (sulfide) groups is 1. The first-order valence-corrected chi connectivity index (χ1v) is 11.0. The maximum absolute atomic E-state index is 13.1. The quantitative estimate of drug-likeness (QED) is 0.475. The number of hydrogen-bond acceptors (Lipinski definition) is 6. The molecule has 9 heteroatoms. The molecule has 0 aliphatic rings. The van der Waals surface area contributed by atoms with E-state index in [1.165, 1.54) is 23.9 Å². The fourth-order valence-corrected chi connectivity index (χ4v) is 3.97. The summed E-state index contributed by atoms with van der Waals surface area (Å²) in [6.07, 6.45) is -0.424. The second-order valence-corrected chi connectivity index (χ2v) is 8.76. The van der Waals surface area contributed by atoms with E-state index in [9.17, 15) is 9.18 Å². The van der Waals surface area contributed by atoms with Gasteiger partial charge >= 0.3 is 0 Å². The summed E-state index contributed by atoms with van der Waals surface area (Å²) < 4.78 is 21.0. The molecule has 2 aromatic carbocycles. The Kier molecular flexibility index (Phi) is 7.49. The first-order chi connectivity index (χ1) is 15.3. The number of ether oxygens (including phenoxy) is 1. The average Bonchev–Trinajstić information content (AvgIpc) is 3.19. The van der Waals surface area contributed by atoms with E-state index in [2.05, 4.69) is 15.5 Å². The molecule has 1 N–H and O–H groups in total. The summed E-state index contributed by atoms with van der Waals surface area (Å²) in [7, 11) is 0. The SMILES string of the molecule is CC(Sc1nnc(C(C)Oc2ccc(F)cc2)n1C(C)C)C(=O)Nc1ccc(C#N)cc1. The third-order valence-corrected chi connectivity index (χ3v) is 5.69. The molecule has 0 fully saturated rings. The first-order valence-electron chi connectivity index (χ1n) is 10.1. The summed E-state index contributed by atoms with van der Waals surface area (Å²) in [5.74, 6) is 0.630. The second-order valence-electron chi connectivity index (χ2n) is 7.46. The van der Waals surface area contributed by atoms with E-state index in [4.69, 9.17) is 10.00 Å². The Balaban J connectivity index is 1.71. The number of halogens is 1. The summed E-state index contributed by atoms with van der Waals surface area (Å²) in [5, 5.41) is 20.5. The fraction of sp³-hybridized carbons (Fsp3) is 0.304. The van der Waals surface area contributed by atoms with Gasteiger partial charge in [0.1, 0.15) is 11.6 Å². The highest BCUT2D eigenvalue weighted by molar-refractivity contribution is 8.00. The molecule has 0 aliphatic heterocycles. The van der Waals surface area contributed by atoms with Crippen molar-refractivity contribution in [2.75, 3.05) is 5.32 Å². The molecule has 1 aromatic heterocycles. The maximum atomic E-state index is 13.1. The Labute approximate surface area is 190 Å². The molecule has 0 spiro atoms. The van der Waals surface area contributed by atoms with E-state index in [-0.39, 0.29) is 17.8 Å². The van der Waals surface area contributed by atoms with Crippen molar-refractivity contribution in [3.05, 3.63) is 65.7 Å². The van der Waals surface area contributed by atoms with Gasteiger partial charge in [0.05, 0.1) is 16.9 Å². The minimum atomic E-state index is -0.437. The van der Waals surface area contributed by atoms with Crippen LogP contribution >= 0.6 is 11.8 Å². The fourth-order valence-electron chi connectivity index (χ4n) is 2.98. The second kappa shape index (κ2) is 10.3. The molecular weight excluding hydrogens is 429 g/mol. The highest BCUT2D eigenvalue weighted by Crippen LogP contribution is 2.30. The van der Waals surface area contributed by atoms with Crippen LogP contribution in [0.3, 0.4) is 0 Å². The Morgan fingerprint density at radius 3 is 2.34 bits per heavy atom. The van der Waals surface area contributed by atoms with E-state index >= 15 is 0 Å². The van der Waals surface area contributed by atoms with Crippen LogP contribution in [0.15, 0.2) is 53.7 Å². The highest BCUT2D eigenvalue weighted by Gasteiger charge is 2.25. The van der Waals surface area contributed by atoms with Crippen molar-refractivity contribution in [3.8, 4) is 11.8 Å². The lowest BCUT2D eigenvalue weighted by atomic mass is 10.2. The summed E-state index contributed by atoms with van der Waals surface area (Å²) in [6.45, 7) is 7.65. The van der Waals surface area contributed by atoms with Crippen LogP contribution in [-0.2, 0) is 4.79 Å². The van der Waals surface area contributed by atoms with Gasteiger partial charge in [-0.1, -0.05) is 11.8 Å². The molecule has 3 aromatic rings. The van der Waals surface area contributed by atoms with Crippen molar-refractivity contribution in [3.63, 3.8) is 0 Å². The lowest BCUT2D eigenvalue weighted by Crippen LogP contribution is -2.23. The Bertz CT molecular complexity index is 1110. The molecular formula is C23H24FN5O2S. The predicted molar refractivity (Wildman–Crippen MR) is 121 cm³/mol. The van der Waals surface area contributed by atoms with Crippen molar-refractivity contribution >= 4 is 23.4 Å². The van der Waals surface area contributed by atoms with E-state index in [0.29, 0.717) is 28.0 Å². The van der Waals surface area contributed by atoms with Gasteiger partial charge in [0, 0.05) is 11.7 Å². The van der Waals surface area contributed by atoms with E-state index < -0.39 is 11.4 Å². The average molecular weight is 454 g/mol. The lowest BCUT2D eigenvalue weighted by Gasteiger charge is -2.19. The van der Waals surface area contributed by atoms with E-state index in [1.807, 2.05) is 31.4 Å². The third-order valence-electron chi connectivity index (χ3n) is 4.63. The molecule has 2 atom stereocenters. The van der Waals surface area contributed by atoms with Crippen molar-refractivity contribution in [1.29, 1.82) is 5.26 Å². The zero-order chi connectivity index (χ0) is 23.3. The van der Waals surface area contributed by atoms with E-state index in [1.54, 1.807) is 43.3 Å². The number of benzene rings is 2. The largest absolute Gasteiger partial charge is 0.483 e. The minimum absolute atomic E-state index is 0.0376. The topological polar surface area (TPSA) is 92.8 Å². The van der Waals surface area contributed by atoms with Gasteiger partial charge in [0.15, 0.2) is 17.1 Å². The first kappa shape index (κ1) is 23.3. The Morgan fingerprint density at radius 1 is 1.09 bits per heavy atom. The number of nitrogens with one attached hydrogen (secondary N) is 1. The molecule has 0 saturated heterocycles. The number of nitriles is 1. The number of carbonyl (C=O) groups excluding carboxylic acids is 1. The highest BCUT2D eigenvalue weighted by atomic mass is 32.2. The van der Waals surface area contributed by atoms with Gasteiger partial charge < -0.3 is 14.6 Å². The number of anilines is 1. The van der Waals surface area contributed by atoms with Gasteiger partial charge in [-0.25, -0.2) is 4.39 Å². The molecule has 166 valence electrons. The molecule has 0 radical (unpaired) electrons. The van der Waals surface area contributed by atoms with Gasteiger partial charge in [-0.05, 0) is 76.2 Å². The summed E-state index contributed by atoms with van der Waals surface area (Å²) >= 11 is 1.30. The van der Waals surface area contributed by atoms with Crippen LogP contribution in [0, 0.1) is 17.1 Å². The van der Waals surface area contributed by atoms with Crippen LogP contribution in [-0.4, -0.2) is 25.9 Å². The molecule has 32 heavy (non-hydrogen) atoms. The molecule has 7 nitrogen and oxygen atoms in total. The van der Waals surface area contributed by atoms with Crippen LogP contribution in [0.4, 0.5) is 10.1 Å². The zero-order valence-electron chi connectivity index (χ0n) is 18.2. The van der Waals surface area contributed by atoms with Gasteiger partial charge in [-0.2, -0.15) is 5.26 Å². The lowest BCUT2D eigenvalue weighted by molar-refractivity contribution is -0.115. The van der Waals surface area contributed by atoms with Crippen LogP contribution in [0.5, 0.6) is 5.75 Å². The van der Waals surface area contributed by atoms with Crippen molar-refractivity contribution < 1.29 is 13.9 Å². The zero-order valence-corrected chi connectivity index (χ0v) is 19.1. The smallest absolute Gasteiger partial charge is 0.237 e. The predicted octanol–water partition coefficient (Wildman–Crippen LogP) is 5.13. The van der Waals surface area contributed by atoms with Gasteiger partial charge in [0.2, 0.25) is 5.91 Å². The normalized spacial score (nSPS) is 12.8. The van der Waals surface area contributed by atoms with Gasteiger partial charge in [0.25, 0.3) is 0 Å². The molecule has 1 amide bonds. The van der Waals surface area contributed by atoms with Gasteiger partial charge in [-0.15, -0.1) is 10.2 Å². The van der Waals surface area contributed by atoms with Crippen LogP contribution in [0.2, 0.25) is 0 Å². The molecule has 0 bridgehead atoms. The Morgan fingerprint density at radius 2 is 1.75 bits per heavy atom. The van der Waals surface area contributed by atoms with E-state index in [0.717, 1.165) is 0 Å². The van der Waals surface area contributed by atoms with Crippen molar-refractivity contribution in [2.45, 2.75) is 50.2 Å². The van der Waals surface area contributed by atoms with Crippen molar-refractivity contribution in [1.82, 2.24) is 14.8 Å². The van der Waals surface area contributed by atoms with Crippen LogP contribution in [0.25, 0.3) is 0 Å². The maximum Gasteiger partial charge on any atom is 0.237 e. The molecule has 0 saturated carbocycles. The summed E-state index contributed by atoms with van der Waals surface area (Å²) in [6, 6.07) is 14.6. The number of nitrogens with zero attached hydrogens (tertiary/aromatic N) is 4. The number of hydrogen-bond donors (Lipinski definition) is 1. The van der Waals surface area contributed by atoms with Gasteiger partial charge in [-0.3, -0.25) is 4.79 Å². The number of amides is 1. The van der Waals surface area contributed by atoms with Crippen molar-refractivity contribution in [2.24, 2.45) is 0 Å².